The fourth-order valence-corrected chi connectivity index (χ4v) is 3.24. The maximum atomic E-state index is 13.0. The lowest BCUT2D eigenvalue weighted by molar-refractivity contribution is 0.0784. The van der Waals surface area contributed by atoms with Crippen LogP contribution < -0.4 is 4.74 Å². The number of ether oxygens (including phenoxy) is 1. The standard InChI is InChI=1S/C18H22ClN3O2/c1-12(2)24-17-5-4-15(19)8-16(17)18(23)22-7-6-13(11-22)14-9-20-21(3)10-14/h4-5,8-10,12-13H,6-7,11H2,1-3H3. The molecular weight excluding hydrogens is 326 g/mol. The molecule has 24 heavy (non-hydrogen) atoms. The number of aromatic nitrogens is 2. The Morgan fingerprint density at radius 2 is 2.21 bits per heavy atom. The van der Waals surface area contributed by atoms with Gasteiger partial charge in [-0.05, 0) is 44.0 Å². The highest BCUT2D eigenvalue weighted by Crippen LogP contribution is 2.31. The van der Waals surface area contributed by atoms with Crippen molar-refractivity contribution in [1.29, 1.82) is 0 Å². The minimum atomic E-state index is -0.0282. The predicted octanol–water partition coefficient (Wildman–Crippen LogP) is 3.49. The average molecular weight is 348 g/mol. The molecule has 1 aromatic heterocycles. The van der Waals surface area contributed by atoms with E-state index in [1.165, 1.54) is 5.56 Å². The van der Waals surface area contributed by atoms with Crippen LogP contribution in [0.5, 0.6) is 5.75 Å². The maximum absolute atomic E-state index is 13.0. The first-order valence-corrected chi connectivity index (χ1v) is 8.56. The van der Waals surface area contributed by atoms with Gasteiger partial charge >= 0.3 is 0 Å². The molecular formula is C18H22ClN3O2. The van der Waals surface area contributed by atoms with Crippen molar-refractivity contribution in [2.24, 2.45) is 7.05 Å². The number of amides is 1. The summed E-state index contributed by atoms with van der Waals surface area (Å²) in [5.41, 5.74) is 1.71. The highest BCUT2D eigenvalue weighted by atomic mass is 35.5. The van der Waals surface area contributed by atoms with E-state index in [4.69, 9.17) is 16.3 Å². The number of hydrogen-bond acceptors (Lipinski definition) is 3. The van der Waals surface area contributed by atoms with Crippen molar-refractivity contribution in [3.8, 4) is 5.75 Å². The number of rotatable bonds is 4. The lowest BCUT2D eigenvalue weighted by Crippen LogP contribution is -2.29. The number of halogens is 1. The van der Waals surface area contributed by atoms with Crippen LogP contribution in [0.25, 0.3) is 0 Å². The molecule has 0 N–H and O–H groups in total. The van der Waals surface area contributed by atoms with E-state index in [-0.39, 0.29) is 12.0 Å². The van der Waals surface area contributed by atoms with E-state index in [2.05, 4.69) is 5.10 Å². The fourth-order valence-electron chi connectivity index (χ4n) is 3.06. The zero-order chi connectivity index (χ0) is 17.3. The van der Waals surface area contributed by atoms with E-state index >= 15 is 0 Å². The lowest BCUT2D eigenvalue weighted by atomic mass is 10.0. The third-order valence-electron chi connectivity index (χ3n) is 4.21. The molecule has 0 saturated carbocycles. The first kappa shape index (κ1) is 16.8. The Labute approximate surface area is 147 Å². The molecule has 0 aliphatic carbocycles. The second kappa shape index (κ2) is 6.85. The summed E-state index contributed by atoms with van der Waals surface area (Å²) in [6, 6.07) is 5.21. The first-order valence-electron chi connectivity index (χ1n) is 8.18. The third kappa shape index (κ3) is 3.56. The van der Waals surface area contributed by atoms with Crippen LogP contribution in [0.4, 0.5) is 0 Å². The molecule has 2 heterocycles. The number of aryl methyl sites for hydroxylation is 1. The zero-order valence-corrected chi connectivity index (χ0v) is 15.0. The minimum absolute atomic E-state index is 0.000514. The molecule has 0 spiro atoms. The van der Waals surface area contributed by atoms with Gasteiger partial charge in [-0.2, -0.15) is 5.10 Å². The van der Waals surface area contributed by atoms with Gasteiger partial charge in [-0.15, -0.1) is 0 Å². The summed E-state index contributed by atoms with van der Waals surface area (Å²) in [5, 5.41) is 4.76. The van der Waals surface area contributed by atoms with E-state index in [1.54, 1.807) is 22.9 Å². The van der Waals surface area contributed by atoms with Crippen LogP contribution in [0.1, 0.15) is 42.1 Å². The van der Waals surface area contributed by atoms with Gasteiger partial charge < -0.3 is 9.64 Å². The summed E-state index contributed by atoms with van der Waals surface area (Å²) in [6.45, 7) is 5.30. The van der Waals surface area contributed by atoms with Gasteiger partial charge in [-0.3, -0.25) is 9.48 Å². The Morgan fingerprint density at radius 3 is 2.88 bits per heavy atom. The van der Waals surface area contributed by atoms with E-state index in [0.29, 0.717) is 28.8 Å². The first-order chi connectivity index (χ1) is 11.4. The molecule has 1 aliphatic heterocycles. The van der Waals surface area contributed by atoms with Crippen molar-refractivity contribution in [2.75, 3.05) is 13.1 Å². The van der Waals surface area contributed by atoms with Crippen molar-refractivity contribution in [2.45, 2.75) is 32.3 Å². The quantitative estimate of drug-likeness (QED) is 0.850. The highest BCUT2D eigenvalue weighted by molar-refractivity contribution is 6.31. The molecule has 1 fully saturated rings. The number of benzene rings is 1. The van der Waals surface area contributed by atoms with Crippen LogP contribution in [0.3, 0.4) is 0 Å². The zero-order valence-electron chi connectivity index (χ0n) is 14.2. The number of nitrogens with zero attached hydrogens (tertiary/aromatic N) is 3. The summed E-state index contributed by atoms with van der Waals surface area (Å²) in [7, 11) is 1.91. The summed E-state index contributed by atoms with van der Waals surface area (Å²) < 4.78 is 7.57. The predicted molar refractivity (Wildman–Crippen MR) is 93.7 cm³/mol. The maximum Gasteiger partial charge on any atom is 0.257 e. The molecule has 128 valence electrons. The molecule has 1 aliphatic rings. The molecule has 0 radical (unpaired) electrons. The smallest absolute Gasteiger partial charge is 0.257 e. The van der Waals surface area contributed by atoms with E-state index in [0.717, 1.165) is 13.0 Å². The van der Waals surface area contributed by atoms with Crippen LogP contribution >= 0.6 is 11.6 Å². The summed E-state index contributed by atoms with van der Waals surface area (Å²) in [5.74, 6) is 0.889. The Kier molecular flexibility index (Phi) is 4.81. The van der Waals surface area contributed by atoms with Crippen molar-refractivity contribution in [1.82, 2.24) is 14.7 Å². The Hall–Kier alpha value is -2.01. The SMILES string of the molecule is CC(C)Oc1ccc(Cl)cc1C(=O)N1CCC(c2cnn(C)c2)C1. The molecule has 1 unspecified atom stereocenters. The molecule has 2 aromatic rings. The molecule has 5 nitrogen and oxygen atoms in total. The summed E-state index contributed by atoms with van der Waals surface area (Å²) >= 11 is 6.09. The fraction of sp³-hybridized carbons (Fsp3) is 0.444. The Morgan fingerprint density at radius 1 is 1.42 bits per heavy atom. The average Bonchev–Trinajstić information content (AvgIpc) is 3.16. The minimum Gasteiger partial charge on any atom is -0.490 e. The Balaban J connectivity index is 1.78. The van der Waals surface area contributed by atoms with Crippen LogP contribution in [-0.4, -0.2) is 39.8 Å². The van der Waals surface area contributed by atoms with Crippen molar-refractivity contribution in [3.63, 3.8) is 0 Å². The highest BCUT2D eigenvalue weighted by Gasteiger charge is 2.30. The van der Waals surface area contributed by atoms with Crippen molar-refractivity contribution >= 4 is 17.5 Å². The van der Waals surface area contributed by atoms with Gasteiger partial charge in [0.15, 0.2) is 0 Å². The summed E-state index contributed by atoms with van der Waals surface area (Å²) in [4.78, 5) is 14.8. The molecule has 1 amide bonds. The molecule has 1 aromatic carbocycles. The largest absolute Gasteiger partial charge is 0.490 e. The molecule has 6 heteroatoms. The van der Waals surface area contributed by atoms with Gasteiger partial charge in [-0.25, -0.2) is 0 Å². The third-order valence-corrected chi connectivity index (χ3v) is 4.44. The number of carbonyl (C=O) groups excluding carboxylic acids is 1. The second-order valence-electron chi connectivity index (χ2n) is 6.49. The Bertz CT molecular complexity index is 742. The van der Waals surface area contributed by atoms with Gasteiger partial charge in [0, 0.05) is 37.3 Å². The van der Waals surface area contributed by atoms with Crippen LogP contribution in [0, 0.1) is 0 Å². The molecule has 3 rings (SSSR count). The number of carbonyl (C=O) groups is 1. The second-order valence-corrected chi connectivity index (χ2v) is 6.93. The van der Waals surface area contributed by atoms with Gasteiger partial charge in [0.1, 0.15) is 5.75 Å². The van der Waals surface area contributed by atoms with Gasteiger partial charge in [0.05, 0.1) is 17.9 Å². The number of hydrogen-bond donors (Lipinski definition) is 0. The monoisotopic (exact) mass is 347 g/mol. The van der Waals surface area contributed by atoms with Gasteiger partial charge in [-0.1, -0.05) is 11.6 Å². The van der Waals surface area contributed by atoms with Gasteiger partial charge in [0.2, 0.25) is 0 Å². The van der Waals surface area contributed by atoms with Crippen molar-refractivity contribution in [3.05, 3.63) is 46.7 Å². The van der Waals surface area contributed by atoms with Crippen LogP contribution in [-0.2, 0) is 7.05 Å². The molecule has 1 atom stereocenters. The molecule has 0 bridgehead atoms. The van der Waals surface area contributed by atoms with E-state index < -0.39 is 0 Å². The van der Waals surface area contributed by atoms with E-state index in [1.807, 2.05) is 38.2 Å². The normalized spacial score (nSPS) is 17.5. The van der Waals surface area contributed by atoms with Crippen molar-refractivity contribution < 1.29 is 9.53 Å². The van der Waals surface area contributed by atoms with Crippen LogP contribution in [0.15, 0.2) is 30.6 Å². The summed E-state index contributed by atoms with van der Waals surface area (Å²) in [6.07, 6.45) is 4.84. The van der Waals surface area contributed by atoms with Crippen LogP contribution in [0.2, 0.25) is 5.02 Å². The van der Waals surface area contributed by atoms with Gasteiger partial charge in [0.25, 0.3) is 5.91 Å². The lowest BCUT2D eigenvalue weighted by Gasteiger charge is -2.20. The molecule has 1 saturated heterocycles. The topological polar surface area (TPSA) is 47.4 Å². The number of likely N-dealkylation sites (tertiary alicyclic amines) is 1. The van der Waals surface area contributed by atoms with E-state index in [9.17, 15) is 4.79 Å².